The van der Waals surface area contributed by atoms with Crippen LogP contribution in [0.5, 0.6) is 5.75 Å². The van der Waals surface area contributed by atoms with Crippen LogP contribution in [0.3, 0.4) is 0 Å². The van der Waals surface area contributed by atoms with Gasteiger partial charge in [0, 0.05) is 19.2 Å². The highest BCUT2D eigenvalue weighted by atomic mass is 19.1. The number of nitrogens with zero attached hydrogens (tertiary/aromatic N) is 1. The number of carbonyl (C=O) groups excluding carboxylic acids is 1. The van der Waals surface area contributed by atoms with Crippen molar-refractivity contribution in [1.29, 1.82) is 0 Å². The van der Waals surface area contributed by atoms with E-state index in [-0.39, 0.29) is 11.7 Å². The molecule has 0 aromatic heterocycles. The topological polar surface area (TPSA) is 41.6 Å². The minimum absolute atomic E-state index is 0.182. The summed E-state index contributed by atoms with van der Waals surface area (Å²) in [5, 5.41) is 2.89. The Balaban J connectivity index is 1.96. The molecule has 0 saturated heterocycles. The molecule has 0 heterocycles. The summed E-state index contributed by atoms with van der Waals surface area (Å²) in [4.78, 5) is 14.4. The number of amides is 1. The Morgan fingerprint density at radius 3 is 2.48 bits per heavy atom. The van der Waals surface area contributed by atoms with E-state index < -0.39 is 5.82 Å². The van der Waals surface area contributed by atoms with E-state index in [1.54, 1.807) is 12.1 Å². The number of carbonyl (C=O) groups is 1. The fraction of sp³-hybridized carbons (Fsp3) is 0.318. The largest absolute Gasteiger partial charge is 0.494 e. The Morgan fingerprint density at radius 2 is 1.85 bits per heavy atom. The van der Waals surface area contributed by atoms with Crippen LogP contribution in [0.15, 0.2) is 48.5 Å². The average Bonchev–Trinajstić information content (AvgIpc) is 2.69. The van der Waals surface area contributed by atoms with Gasteiger partial charge in [0.2, 0.25) is 5.91 Å². The monoisotopic (exact) mass is 370 g/mol. The number of nitrogens with one attached hydrogen (secondary N) is 1. The second-order valence-corrected chi connectivity index (χ2v) is 6.18. The van der Waals surface area contributed by atoms with E-state index >= 15 is 0 Å². The number of hydrogen-bond acceptors (Lipinski definition) is 3. The Hall–Kier alpha value is -2.66. The number of methoxy groups -OCH3 is 1. The molecule has 1 N–H and O–H groups in total. The molecule has 1 amide bonds. The molecular formula is C22H27FN2O2. The average molecular weight is 370 g/mol. The van der Waals surface area contributed by atoms with Crippen LogP contribution in [0, 0.1) is 5.82 Å². The quantitative estimate of drug-likeness (QED) is 0.678. The lowest BCUT2D eigenvalue weighted by Gasteiger charge is -2.20. The zero-order valence-corrected chi connectivity index (χ0v) is 16.2. The molecule has 2 aromatic rings. The van der Waals surface area contributed by atoms with E-state index in [1.165, 1.54) is 30.9 Å². The highest BCUT2D eigenvalue weighted by molar-refractivity contribution is 5.91. The highest BCUT2D eigenvalue weighted by Gasteiger charge is 2.07. The third-order valence-corrected chi connectivity index (χ3v) is 4.46. The van der Waals surface area contributed by atoms with Crippen LogP contribution >= 0.6 is 0 Å². The maximum atomic E-state index is 13.7. The summed E-state index contributed by atoms with van der Waals surface area (Å²) >= 11 is 0. The van der Waals surface area contributed by atoms with Crippen molar-refractivity contribution in [2.75, 3.05) is 20.2 Å². The molecule has 0 radical (unpaired) electrons. The van der Waals surface area contributed by atoms with Crippen LogP contribution < -0.4 is 10.1 Å². The van der Waals surface area contributed by atoms with Crippen LogP contribution in [0.25, 0.3) is 6.08 Å². The Morgan fingerprint density at radius 1 is 1.15 bits per heavy atom. The van der Waals surface area contributed by atoms with Gasteiger partial charge in [-0.3, -0.25) is 9.69 Å². The summed E-state index contributed by atoms with van der Waals surface area (Å²) in [7, 11) is 1.42. The molecule has 0 aliphatic heterocycles. The summed E-state index contributed by atoms with van der Waals surface area (Å²) in [6, 6.07) is 12.7. The van der Waals surface area contributed by atoms with Gasteiger partial charge in [-0.1, -0.05) is 44.2 Å². The van der Waals surface area contributed by atoms with Crippen LogP contribution in [-0.4, -0.2) is 31.0 Å². The van der Waals surface area contributed by atoms with Gasteiger partial charge in [-0.05, 0) is 48.0 Å². The first kappa shape index (κ1) is 20.6. The van der Waals surface area contributed by atoms with Gasteiger partial charge in [-0.15, -0.1) is 0 Å². The van der Waals surface area contributed by atoms with Crippen molar-refractivity contribution >= 4 is 12.0 Å². The van der Waals surface area contributed by atoms with Crippen molar-refractivity contribution in [3.05, 3.63) is 71.0 Å². The van der Waals surface area contributed by atoms with Crippen LogP contribution in [0.1, 0.15) is 30.5 Å². The lowest BCUT2D eigenvalue weighted by molar-refractivity contribution is -0.116. The van der Waals surface area contributed by atoms with Crippen molar-refractivity contribution in [2.24, 2.45) is 0 Å². The van der Waals surface area contributed by atoms with E-state index in [9.17, 15) is 9.18 Å². The van der Waals surface area contributed by atoms with Gasteiger partial charge in [0.15, 0.2) is 11.6 Å². The number of hydrogen-bond donors (Lipinski definition) is 1. The third kappa shape index (κ3) is 6.22. The second kappa shape index (κ2) is 10.5. The fourth-order valence-electron chi connectivity index (χ4n) is 2.77. The van der Waals surface area contributed by atoms with Crippen LogP contribution in [-0.2, 0) is 17.9 Å². The standard InChI is InChI=1S/C22H27FN2O2/c1-4-25(5-2)16-19-9-7-6-8-18(19)15-24-22(26)13-11-17-10-12-21(27-3)20(23)14-17/h6-14H,4-5,15-16H2,1-3H3,(H,24,26)/b13-11+. The molecule has 4 nitrogen and oxygen atoms in total. The highest BCUT2D eigenvalue weighted by Crippen LogP contribution is 2.18. The van der Waals surface area contributed by atoms with Crippen molar-refractivity contribution in [3.63, 3.8) is 0 Å². The van der Waals surface area contributed by atoms with Crippen LogP contribution in [0.4, 0.5) is 4.39 Å². The Labute approximate surface area is 160 Å². The molecule has 0 bridgehead atoms. The zero-order chi connectivity index (χ0) is 19.6. The molecule has 5 heteroatoms. The van der Waals surface area contributed by atoms with Gasteiger partial charge in [0.25, 0.3) is 0 Å². The van der Waals surface area contributed by atoms with E-state index in [2.05, 4.69) is 30.1 Å². The van der Waals surface area contributed by atoms with Crippen molar-refractivity contribution in [3.8, 4) is 5.75 Å². The van der Waals surface area contributed by atoms with Crippen LogP contribution in [0.2, 0.25) is 0 Å². The predicted octanol–water partition coefficient (Wildman–Crippen LogP) is 4.01. The molecule has 0 atom stereocenters. The van der Waals surface area contributed by atoms with E-state index in [0.29, 0.717) is 12.1 Å². The molecule has 0 aliphatic rings. The van der Waals surface area contributed by atoms with Gasteiger partial charge >= 0.3 is 0 Å². The first-order valence-corrected chi connectivity index (χ1v) is 9.16. The maximum Gasteiger partial charge on any atom is 0.244 e. The molecule has 0 aliphatic carbocycles. The summed E-state index contributed by atoms with van der Waals surface area (Å²) in [6.07, 6.45) is 2.99. The van der Waals surface area contributed by atoms with Crippen molar-refractivity contribution in [2.45, 2.75) is 26.9 Å². The van der Waals surface area contributed by atoms with Crippen molar-refractivity contribution < 1.29 is 13.9 Å². The maximum absolute atomic E-state index is 13.7. The number of rotatable bonds is 9. The number of benzene rings is 2. The summed E-state index contributed by atoms with van der Waals surface area (Å²) in [5.74, 6) is -0.490. The smallest absolute Gasteiger partial charge is 0.244 e. The first-order valence-electron chi connectivity index (χ1n) is 9.16. The van der Waals surface area contributed by atoms with Gasteiger partial charge in [-0.2, -0.15) is 0 Å². The van der Waals surface area contributed by atoms with Gasteiger partial charge in [0.1, 0.15) is 0 Å². The molecule has 2 aromatic carbocycles. The minimum Gasteiger partial charge on any atom is -0.494 e. The normalized spacial score (nSPS) is 11.1. The van der Waals surface area contributed by atoms with E-state index in [1.807, 2.05) is 18.2 Å². The minimum atomic E-state index is -0.453. The van der Waals surface area contributed by atoms with E-state index in [0.717, 1.165) is 25.2 Å². The summed E-state index contributed by atoms with van der Waals surface area (Å²) in [5.41, 5.74) is 2.91. The summed E-state index contributed by atoms with van der Waals surface area (Å²) < 4.78 is 18.6. The summed E-state index contributed by atoms with van der Waals surface area (Å²) in [6.45, 7) is 7.57. The first-order chi connectivity index (χ1) is 13.1. The number of halogens is 1. The molecule has 0 saturated carbocycles. The van der Waals surface area contributed by atoms with E-state index in [4.69, 9.17) is 4.74 Å². The lowest BCUT2D eigenvalue weighted by Crippen LogP contribution is -2.25. The second-order valence-electron chi connectivity index (χ2n) is 6.18. The molecular weight excluding hydrogens is 343 g/mol. The van der Waals surface area contributed by atoms with Gasteiger partial charge in [0.05, 0.1) is 7.11 Å². The SMILES string of the molecule is CCN(CC)Cc1ccccc1CNC(=O)/C=C/c1ccc(OC)c(F)c1. The molecule has 2 rings (SSSR count). The Kier molecular flexibility index (Phi) is 8.01. The predicted molar refractivity (Wildman–Crippen MR) is 107 cm³/mol. The molecule has 0 spiro atoms. The third-order valence-electron chi connectivity index (χ3n) is 4.46. The molecule has 0 fully saturated rings. The lowest BCUT2D eigenvalue weighted by atomic mass is 10.1. The van der Waals surface area contributed by atoms with Gasteiger partial charge in [-0.25, -0.2) is 4.39 Å². The molecule has 0 unspecified atom stereocenters. The fourth-order valence-corrected chi connectivity index (χ4v) is 2.77. The van der Waals surface area contributed by atoms with Crippen molar-refractivity contribution in [1.82, 2.24) is 10.2 Å². The molecule has 27 heavy (non-hydrogen) atoms. The van der Waals surface area contributed by atoms with Gasteiger partial charge < -0.3 is 10.1 Å². The number of ether oxygens (including phenoxy) is 1. The Bertz CT molecular complexity index is 786. The zero-order valence-electron chi connectivity index (χ0n) is 16.2. The molecule has 144 valence electrons.